The fourth-order valence-electron chi connectivity index (χ4n) is 3.08. The van der Waals surface area contributed by atoms with E-state index >= 15 is 0 Å². The van der Waals surface area contributed by atoms with E-state index in [9.17, 15) is 18.8 Å². The molecule has 2 N–H and O–H groups in total. The van der Waals surface area contributed by atoms with Gasteiger partial charge in [0.25, 0.3) is 0 Å². The minimum atomic E-state index is -0.572. The monoisotopic (exact) mass is 407 g/mol. The first-order valence-electron chi connectivity index (χ1n) is 9.91. The maximum atomic E-state index is 12.9. The molecule has 8 heteroatoms. The summed E-state index contributed by atoms with van der Waals surface area (Å²) in [6.07, 6.45) is 1.24. The quantitative estimate of drug-likeness (QED) is 0.758. The van der Waals surface area contributed by atoms with Crippen LogP contribution in [0.2, 0.25) is 0 Å². The Balaban J connectivity index is 1.65. The number of hydrogen-bond donors (Lipinski definition) is 2. The van der Waals surface area contributed by atoms with Crippen LogP contribution in [0.1, 0.15) is 45.6 Å². The highest BCUT2D eigenvalue weighted by Crippen LogP contribution is 2.12. The summed E-state index contributed by atoms with van der Waals surface area (Å²) in [7, 11) is 0. The maximum absolute atomic E-state index is 12.9. The highest BCUT2D eigenvalue weighted by molar-refractivity contribution is 5.79. The van der Waals surface area contributed by atoms with Crippen LogP contribution in [0, 0.1) is 5.82 Å². The highest BCUT2D eigenvalue weighted by Gasteiger charge is 2.24. The smallest absolute Gasteiger partial charge is 0.407 e. The summed E-state index contributed by atoms with van der Waals surface area (Å²) < 4.78 is 18.1. The highest BCUT2D eigenvalue weighted by atomic mass is 19.1. The van der Waals surface area contributed by atoms with Crippen molar-refractivity contribution in [2.45, 2.75) is 58.1 Å². The number of benzene rings is 1. The molecule has 0 radical (unpaired) electrons. The van der Waals surface area contributed by atoms with E-state index in [1.807, 2.05) is 0 Å². The zero-order valence-electron chi connectivity index (χ0n) is 17.3. The van der Waals surface area contributed by atoms with Crippen molar-refractivity contribution in [3.8, 4) is 0 Å². The number of carbonyl (C=O) groups excluding carboxylic acids is 3. The SMILES string of the molecule is CC(C)(C)OC(=O)NCCC(=O)N1CCC(NC(=O)Cc2ccc(F)cc2)CC1. The van der Waals surface area contributed by atoms with E-state index in [-0.39, 0.29) is 43.1 Å². The molecule has 1 aromatic rings. The predicted molar refractivity (Wildman–Crippen MR) is 107 cm³/mol. The molecule has 0 atom stereocenters. The summed E-state index contributed by atoms with van der Waals surface area (Å²) >= 11 is 0. The number of nitrogens with one attached hydrogen (secondary N) is 2. The van der Waals surface area contributed by atoms with Gasteiger partial charge in [-0.15, -0.1) is 0 Å². The van der Waals surface area contributed by atoms with E-state index in [1.54, 1.807) is 37.8 Å². The van der Waals surface area contributed by atoms with E-state index in [2.05, 4.69) is 10.6 Å². The third-order valence-electron chi connectivity index (χ3n) is 4.50. The Kier molecular flexibility index (Phi) is 7.99. The second kappa shape index (κ2) is 10.2. The molecule has 0 spiro atoms. The summed E-state index contributed by atoms with van der Waals surface area (Å²) in [4.78, 5) is 37.8. The lowest BCUT2D eigenvalue weighted by molar-refractivity contribution is -0.132. The van der Waals surface area contributed by atoms with Gasteiger partial charge in [-0.3, -0.25) is 9.59 Å². The van der Waals surface area contributed by atoms with Crippen LogP contribution in [-0.2, 0) is 20.7 Å². The van der Waals surface area contributed by atoms with Gasteiger partial charge < -0.3 is 20.3 Å². The fraction of sp³-hybridized carbons (Fsp3) is 0.571. The van der Waals surface area contributed by atoms with Crippen molar-refractivity contribution in [1.29, 1.82) is 0 Å². The van der Waals surface area contributed by atoms with Crippen LogP contribution in [0.5, 0.6) is 0 Å². The lowest BCUT2D eigenvalue weighted by Gasteiger charge is -2.32. The molecule has 3 amide bonds. The van der Waals surface area contributed by atoms with E-state index in [1.165, 1.54) is 12.1 Å². The van der Waals surface area contributed by atoms with E-state index < -0.39 is 11.7 Å². The average Bonchev–Trinajstić information content (AvgIpc) is 2.62. The van der Waals surface area contributed by atoms with Gasteiger partial charge in [0.1, 0.15) is 11.4 Å². The van der Waals surface area contributed by atoms with E-state index in [4.69, 9.17) is 4.74 Å². The van der Waals surface area contributed by atoms with Gasteiger partial charge in [-0.2, -0.15) is 0 Å². The molecule has 29 heavy (non-hydrogen) atoms. The largest absolute Gasteiger partial charge is 0.444 e. The first-order chi connectivity index (χ1) is 13.6. The fourth-order valence-corrected chi connectivity index (χ4v) is 3.08. The number of alkyl carbamates (subject to hydrolysis) is 1. The average molecular weight is 407 g/mol. The third kappa shape index (κ3) is 8.50. The number of rotatable bonds is 6. The Bertz CT molecular complexity index is 708. The molecule has 1 fully saturated rings. The molecule has 160 valence electrons. The number of piperidine rings is 1. The van der Waals surface area contributed by atoms with Crippen LogP contribution >= 0.6 is 0 Å². The van der Waals surface area contributed by atoms with Gasteiger partial charge in [0.05, 0.1) is 6.42 Å². The summed E-state index contributed by atoms with van der Waals surface area (Å²) in [5.41, 5.74) is 0.186. The molecule has 1 heterocycles. The number of halogens is 1. The molecule has 7 nitrogen and oxygen atoms in total. The predicted octanol–water partition coefficient (Wildman–Crippen LogP) is 2.39. The molecule has 0 aromatic heterocycles. The topological polar surface area (TPSA) is 87.7 Å². The van der Waals surface area contributed by atoms with Crippen molar-refractivity contribution in [1.82, 2.24) is 15.5 Å². The molecule has 0 unspecified atom stereocenters. The second-order valence-corrected chi connectivity index (χ2v) is 8.20. The van der Waals surface area contributed by atoms with E-state index in [0.29, 0.717) is 25.9 Å². The van der Waals surface area contributed by atoms with Crippen molar-refractivity contribution in [3.05, 3.63) is 35.6 Å². The summed E-state index contributed by atoms with van der Waals surface area (Å²) in [6, 6.07) is 5.89. The Morgan fingerprint density at radius 1 is 1.14 bits per heavy atom. The standard InChI is InChI=1S/C21H30FN3O4/c1-21(2,3)29-20(28)23-11-8-19(27)25-12-9-17(10-13-25)24-18(26)14-15-4-6-16(22)7-5-15/h4-7,17H,8-14H2,1-3H3,(H,23,28)(H,24,26). The van der Waals surface area contributed by atoms with Crippen LogP contribution in [-0.4, -0.2) is 54.1 Å². The van der Waals surface area contributed by atoms with Crippen molar-refractivity contribution in [2.75, 3.05) is 19.6 Å². The minimum absolute atomic E-state index is 0.0203. The Morgan fingerprint density at radius 2 is 1.76 bits per heavy atom. The lowest BCUT2D eigenvalue weighted by atomic mass is 10.0. The third-order valence-corrected chi connectivity index (χ3v) is 4.50. The van der Waals surface area contributed by atoms with Crippen molar-refractivity contribution in [3.63, 3.8) is 0 Å². The first kappa shape index (κ1) is 22.6. The molecule has 0 bridgehead atoms. The van der Waals surface area contributed by atoms with Gasteiger partial charge in [0.2, 0.25) is 11.8 Å². The molecule has 1 aliphatic heterocycles. The van der Waals surface area contributed by atoms with Crippen LogP contribution in [0.25, 0.3) is 0 Å². The normalized spacial score (nSPS) is 15.0. The number of nitrogens with zero attached hydrogens (tertiary/aromatic N) is 1. The van der Waals surface area contributed by atoms with Crippen molar-refractivity contribution >= 4 is 17.9 Å². The zero-order chi connectivity index (χ0) is 21.4. The van der Waals surface area contributed by atoms with Gasteiger partial charge >= 0.3 is 6.09 Å². The number of likely N-dealkylation sites (tertiary alicyclic amines) is 1. The summed E-state index contributed by atoms with van der Waals surface area (Å²) in [5.74, 6) is -0.465. The van der Waals surface area contributed by atoms with Crippen LogP contribution < -0.4 is 10.6 Å². The molecule has 0 aliphatic carbocycles. The van der Waals surface area contributed by atoms with Crippen LogP contribution in [0.4, 0.5) is 9.18 Å². The van der Waals surface area contributed by atoms with Gasteiger partial charge in [0, 0.05) is 32.1 Å². The molecule has 1 aliphatic rings. The number of ether oxygens (including phenoxy) is 1. The first-order valence-corrected chi connectivity index (χ1v) is 9.91. The zero-order valence-corrected chi connectivity index (χ0v) is 17.3. The van der Waals surface area contributed by atoms with Gasteiger partial charge in [-0.1, -0.05) is 12.1 Å². The second-order valence-electron chi connectivity index (χ2n) is 8.20. The number of amides is 3. The van der Waals surface area contributed by atoms with E-state index in [0.717, 1.165) is 5.56 Å². The van der Waals surface area contributed by atoms with Crippen molar-refractivity contribution in [2.24, 2.45) is 0 Å². The molecule has 1 aromatic carbocycles. The van der Waals surface area contributed by atoms with Crippen LogP contribution in [0.15, 0.2) is 24.3 Å². The Morgan fingerprint density at radius 3 is 2.34 bits per heavy atom. The van der Waals surface area contributed by atoms with Gasteiger partial charge in [-0.25, -0.2) is 9.18 Å². The Labute approximate surface area is 171 Å². The molecule has 1 saturated heterocycles. The Hall–Kier alpha value is -2.64. The molecular weight excluding hydrogens is 377 g/mol. The minimum Gasteiger partial charge on any atom is -0.444 e. The van der Waals surface area contributed by atoms with Crippen LogP contribution in [0.3, 0.4) is 0 Å². The molecule has 0 saturated carbocycles. The summed E-state index contributed by atoms with van der Waals surface area (Å²) in [6.45, 7) is 6.68. The number of hydrogen-bond acceptors (Lipinski definition) is 4. The summed E-state index contributed by atoms with van der Waals surface area (Å²) in [5, 5.41) is 5.56. The van der Waals surface area contributed by atoms with Crippen molar-refractivity contribution < 1.29 is 23.5 Å². The van der Waals surface area contributed by atoms with Gasteiger partial charge in [0.15, 0.2) is 0 Å². The number of carbonyl (C=O) groups is 3. The molecular formula is C21H30FN3O4. The molecule has 2 rings (SSSR count). The maximum Gasteiger partial charge on any atom is 0.407 e. The lowest BCUT2D eigenvalue weighted by Crippen LogP contribution is -2.47. The van der Waals surface area contributed by atoms with Gasteiger partial charge in [-0.05, 0) is 51.3 Å².